The third-order valence-electron chi connectivity index (χ3n) is 5.50. The molecule has 2 heterocycles. The molecule has 0 saturated carbocycles. The van der Waals surface area contributed by atoms with Crippen LogP contribution >= 0.6 is 0 Å². The summed E-state index contributed by atoms with van der Waals surface area (Å²) in [5.74, 6) is -1.15. The Morgan fingerprint density at radius 2 is 1.73 bits per heavy atom. The lowest BCUT2D eigenvalue weighted by Crippen LogP contribution is -2.41. The lowest BCUT2D eigenvalue weighted by atomic mass is 9.78. The summed E-state index contributed by atoms with van der Waals surface area (Å²) in [6.45, 7) is 7.57. The maximum atomic E-state index is 15.1. The van der Waals surface area contributed by atoms with Gasteiger partial charge in [-0.2, -0.15) is 0 Å². The summed E-state index contributed by atoms with van der Waals surface area (Å²) in [4.78, 5) is 16.7. The number of rotatable bonds is 6. The smallest absolute Gasteiger partial charge is 0.399 e. The highest BCUT2D eigenvalue weighted by Gasteiger charge is 2.52. The van der Waals surface area contributed by atoms with E-state index in [-0.39, 0.29) is 16.8 Å². The van der Waals surface area contributed by atoms with Gasteiger partial charge < -0.3 is 24.1 Å². The number of carbonyl (C=O) groups excluding carboxylic acids is 1. The Hall–Kier alpha value is -2.33. The molecule has 0 radical (unpaired) electrons. The highest BCUT2D eigenvalue weighted by molar-refractivity contribution is 6.62. The summed E-state index contributed by atoms with van der Waals surface area (Å²) < 4.78 is 37.3. The molecule has 0 unspecified atom stereocenters. The molecule has 1 aliphatic heterocycles. The highest BCUT2D eigenvalue weighted by Crippen LogP contribution is 2.36. The number of hydrogen-bond acceptors (Lipinski definition) is 6. The topological polar surface area (TPSA) is 78.9 Å². The van der Waals surface area contributed by atoms with Crippen LogP contribution in [0, 0.1) is 5.82 Å². The van der Waals surface area contributed by atoms with Crippen molar-refractivity contribution >= 4 is 24.2 Å². The van der Waals surface area contributed by atoms with E-state index in [0.29, 0.717) is 5.56 Å². The zero-order chi connectivity index (χ0) is 22.1. The molecule has 1 aliphatic rings. The van der Waals surface area contributed by atoms with Crippen LogP contribution in [0.15, 0.2) is 36.5 Å². The van der Waals surface area contributed by atoms with E-state index in [1.54, 1.807) is 18.2 Å². The van der Waals surface area contributed by atoms with Crippen molar-refractivity contribution in [3.63, 3.8) is 0 Å². The molecule has 0 spiro atoms. The minimum Gasteiger partial charge on any atom is -0.399 e. The van der Waals surface area contributed by atoms with Crippen LogP contribution in [-0.2, 0) is 18.8 Å². The van der Waals surface area contributed by atoms with E-state index in [1.165, 1.54) is 32.5 Å². The van der Waals surface area contributed by atoms with Crippen LogP contribution in [0.3, 0.4) is 0 Å². The van der Waals surface area contributed by atoms with Gasteiger partial charge in [-0.05, 0) is 39.8 Å². The van der Waals surface area contributed by atoms with Crippen molar-refractivity contribution in [3.05, 3.63) is 53.6 Å². The average molecular weight is 416 g/mol. The summed E-state index contributed by atoms with van der Waals surface area (Å²) >= 11 is 0. The zero-order valence-corrected chi connectivity index (χ0v) is 18.0. The molecule has 3 rings (SSSR count). The monoisotopic (exact) mass is 416 g/mol. The Kier molecular flexibility index (Phi) is 6.28. The van der Waals surface area contributed by atoms with Crippen LogP contribution in [0.2, 0.25) is 0 Å². The Morgan fingerprint density at radius 3 is 2.27 bits per heavy atom. The number of anilines is 1. The van der Waals surface area contributed by atoms with Crippen molar-refractivity contribution in [2.45, 2.75) is 45.2 Å². The number of amides is 1. The fourth-order valence-corrected chi connectivity index (χ4v) is 3.03. The number of nitrogens with zero attached hydrogens (tertiary/aromatic N) is 1. The number of methoxy groups -OCH3 is 2. The first-order valence-corrected chi connectivity index (χ1v) is 9.56. The van der Waals surface area contributed by atoms with Crippen LogP contribution < -0.4 is 10.8 Å². The predicted octanol–water partition coefficient (Wildman–Crippen LogP) is 3.06. The van der Waals surface area contributed by atoms with Crippen LogP contribution in [0.4, 0.5) is 10.1 Å². The third-order valence-corrected chi connectivity index (χ3v) is 5.50. The maximum Gasteiger partial charge on any atom is 0.497 e. The van der Waals surface area contributed by atoms with Gasteiger partial charge in [0.05, 0.1) is 16.9 Å². The first-order valence-electron chi connectivity index (χ1n) is 9.56. The molecule has 30 heavy (non-hydrogen) atoms. The number of halogens is 1. The summed E-state index contributed by atoms with van der Waals surface area (Å²) in [7, 11) is 2.14. The van der Waals surface area contributed by atoms with Crippen molar-refractivity contribution < 1.29 is 28.0 Å². The van der Waals surface area contributed by atoms with Crippen LogP contribution in [0.5, 0.6) is 0 Å². The lowest BCUT2D eigenvalue weighted by molar-refractivity contribution is -0.106. The average Bonchev–Trinajstić information content (AvgIpc) is 2.92. The molecule has 0 aliphatic carbocycles. The second-order valence-corrected chi connectivity index (χ2v) is 8.03. The van der Waals surface area contributed by atoms with Gasteiger partial charge in [0.1, 0.15) is 11.5 Å². The van der Waals surface area contributed by atoms with Gasteiger partial charge in [-0.25, -0.2) is 4.39 Å². The second kappa shape index (κ2) is 8.43. The first kappa shape index (κ1) is 22.4. The summed E-state index contributed by atoms with van der Waals surface area (Å²) in [5, 5.41) is 2.56. The molecule has 2 aromatic rings. The molecular weight excluding hydrogens is 390 g/mol. The summed E-state index contributed by atoms with van der Waals surface area (Å²) in [6.07, 6.45) is 0.896. The molecular formula is C21H26BFN2O5. The Balaban J connectivity index is 1.78. The van der Waals surface area contributed by atoms with Gasteiger partial charge in [-0.15, -0.1) is 0 Å². The molecule has 1 saturated heterocycles. The minimum absolute atomic E-state index is 0.0183. The van der Waals surface area contributed by atoms with Gasteiger partial charge in [0.15, 0.2) is 6.29 Å². The van der Waals surface area contributed by atoms with Gasteiger partial charge in [-0.1, -0.05) is 18.2 Å². The van der Waals surface area contributed by atoms with Crippen LogP contribution in [-0.4, -0.2) is 43.4 Å². The Labute approximate surface area is 176 Å². The van der Waals surface area contributed by atoms with Crippen molar-refractivity contribution in [2.24, 2.45) is 0 Å². The predicted molar refractivity (Wildman–Crippen MR) is 111 cm³/mol. The summed E-state index contributed by atoms with van der Waals surface area (Å²) in [5.41, 5.74) is -0.174. The number of pyridine rings is 1. The molecule has 7 nitrogen and oxygen atoms in total. The van der Waals surface area contributed by atoms with Gasteiger partial charge in [-0.3, -0.25) is 9.78 Å². The van der Waals surface area contributed by atoms with E-state index in [9.17, 15) is 4.79 Å². The largest absolute Gasteiger partial charge is 0.497 e. The second-order valence-electron chi connectivity index (χ2n) is 8.03. The van der Waals surface area contributed by atoms with Gasteiger partial charge in [0.2, 0.25) is 0 Å². The number of hydrogen-bond donors (Lipinski definition) is 1. The minimum atomic E-state index is -0.871. The molecule has 1 amide bonds. The number of ether oxygens (including phenoxy) is 2. The quantitative estimate of drug-likeness (QED) is 0.576. The number of nitrogens with one attached hydrogen (secondary N) is 1. The van der Waals surface area contributed by atoms with E-state index in [4.69, 9.17) is 18.8 Å². The van der Waals surface area contributed by atoms with Crippen LogP contribution in [0.25, 0.3) is 0 Å². The molecule has 1 fully saturated rings. The third kappa shape index (κ3) is 4.25. The van der Waals surface area contributed by atoms with E-state index in [0.717, 1.165) is 0 Å². The first-order chi connectivity index (χ1) is 14.1. The fraction of sp³-hybridized carbons (Fsp3) is 0.429. The van der Waals surface area contributed by atoms with Gasteiger partial charge in [0, 0.05) is 31.4 Å². The molecule has 9 heteroatoms. The fourth-order valence-electron chi connectivity index (χ4n) is 3.03. The molecule has 0 bridgehead atoms. The molecule has 1 aromatic carbocycles. The SMILES string of the molecule is COC(OC)c1ccc(C(=O)Nc2cccc(B3OC(C)(C)C(C)(C)O3)c2F)nc1. The molecule has 1 N–H and O–H groups in total. The number of benzene rings is 1. The number of aromatic nitrogens is 1. The van der Waals surface area contributed by atoms with Crippen molar-refractivity contribution in [2.75, 3.05) is 19.5 Å². The van der Waals surface area contributed by atoms with Gasteiger partial charge >= 0.3 is 7.12 Å². The van der Waals surface area contributed by atoms with Crippen molar-refractivity contribution in [1.82, 2.24) is 4.98 Å². The number of carbonyl (C=O) groups is 1. The standard InChI is InChI=1S/C21H26BFN2O5/c1-20(2)21(3,4)30-22(29-20)14-8-7-9-15(17(14)23)25-18(26)16-11-10-13(12-24-16)19(27-5)28-6/h7-12,19H,1-6H3,(H,25,26). The molecule has 1 aromatic heterocycles. The summed E-state index contributed by atoms with van der Waals surface area (Å²) in [6, 6.07) is 7.87. The molecule has 0 atom stereocenters. The normalized spacial score (nSPS) is 17.4. The van der Waals surface area contributed by atoms with Gasteiger partial charge in [0.25, 0.3) is 5.91 Å². The molecule has 160 valence electrons. The van der Waals surface area contributed by atoms with Crippen LogP contribution in [0.1, 0.15) is 50.0 Å². The van der Waals surface area contributed by atoms with Crippen molar-refractivity contribution in [1.29, 1.82) is 0 Å². The van der Waals surface area contributed by atoms with E-state index < -0.39 is 36.3 Å². The lowest BCUT2D eigenvalue weighted by Gasteiger charge is -2.32. The zero-order valence-electron chi connectivity index (χ0n) is 18.0. The highest BCUT2D eigenvalue weighted by atomic mass is 19.1. The Bertz CT molecular complexity index is 900. The van der Waals surface area contributed by atoms with Crippen molar-refractivity contribution in [3.8, 4) is 0 Å². The maximum absolute atomic E-state index is 15.1. The Morgan fingerprint density at radius 1 is 1.10 bits per heavy atom. The van der Waals surface area contributed by atoms with E-state index in [2.05, 4.69) is 10.3 Å². The van der Waals surface area contributed by atoms with E-state index in [1.807, 2.05) is 27.7 Å². The van der Waals surface area contributed by atoms with E-state index >= 15 is 4.39 Å².